The lowest BCUT2D eigenvalue weighted by molar-refractivity contribution is -0.122. The molecule has 5 heteroatoms. The number of hydrogen-bond acceptors (Lipinski definition) is 3. The largest absolute Gasteiger partial charge is 0.489 e. The summed E-state index contributed by atoms with van der Waals surface area (Å²) < 4.78 is 6.66. The molecule has 3 N–H and O–H groups in total. The van der Waals surface area contributed by atoms with Gasteiger partial charge in [0.25, 0.3) is 0 Å². The molecule has 0 spiro atoms. The second kappa shape index (κ2) is 8.17. The van der Waals surface area contributed by atoms with Crippen LogP contribution in [0.1, 0.15) is 26.7 Å². The molecule has 0 aliphatic rings. The predicted octanol–water partition coefficient (Wildman–Crippen LogP) is 2.46. The number of nitrogens with one attached hydrogen (secondary N) is 1. The molecule has 0 aliphatic heterocycles. The van der Waals surface area contributed by atoms with Crippen molar-refractivity contribution in [3.8, 4) is 5.75 Å². The maximum absolute atomic E-state index is 11.6. The molecular formula is C14H21BrN2O2. The summed E-state index contributed by atoms with van der Waals surface area (Å²) in [7, 11) is 0. The average molecular weight is 329 g/mol. The normalized spacial score (nSPS) is 13.7. The van der Waals surface area contributed by atoms with E-state index in [0.717, 1.165) is 16.6 Å². The molecule has 1 aromatic rings. The van der Waals surface area contributed by atoms with Crippen LogP contribution in [0.5, 0.6) is 5.75 Å². The van der Waals surface area contributed by atoms with Crippen molar-refractivity contribution in [2.75, 3.05) is 6.54 Å². The minimum absolute atomic E-state index is 0.105. The van der Waals surface area contributed by atoms with E-state index in [2.05, 4.69) is 21.2 Å². The Morgan fingerprint density at radius 1 is 1.53 bits per heavy atom. The summed E-state index contributed by atoms with van der Waals surface area (Å²) in [5.74, 6) is 0.653. The Bertz CT molecular complexity index is 412. The zero-order valence-electron chi connectivity index (χ0n) is 11.4. The Morgan fingerprint density at radius 2 is 2.26 bits per heavy atom. The molecule has 1 amide bonds. The van der Waals surface area contributed by atoms with Crippen LogP contribution in [0.15, 0.2) is 28.7 Å². The van der Waals surface area contributed by atoms with E-state index in [1.165, 1.54) is 0 Å². The zero-order chi connectivity index (χ0) is 14.3. The van der Waals surface area contributed by atoms with Crippen molar-refractivity contribution in [3.63, 3.8) is 0 Å². The monoisotopic (exact) mass is 328 g/mol. The van der Waals surface area contributed by atoms with Crippen molar-refractivity contribution in [1.82, 2.24) is 5.32 Å². The van der Waals surface area contributed by atoms with Gasteiger partial charge in [-0.25, -0.2) is 0 Å². The van der Waals surface area contributed by atoms with Gasteiger partial charge in [0.2, 0.25) is 5.91 Å². The van der Waals surface area contributed by atoms with Crippen LogP contribution in [-0.4, -0.2) is 24.6 Å². The standard InChI is InChI=1S/C14H21BrN2O2/c1-3-5-13(16)14(18)17-9-10(2)19-12-7-4-6-11(15)8-12/h4,6-8,10,13H,3,5,9,16H2,1-2H3,(H,17,18). The van der Waals surface area contributed by atoms with Crippen LogP contribution in [0.4, 0.5) is 0 Å². The quantitative estimate of drug-likeness (QED) is 0.808. The third kappa shape index (κ3) is 6.07. The van der Waals surface area contributed by atoms with Gasteiger partial charge in [0, 0.05) is 4.47 Å². The fourth-order valence-corrected chi connectivity index (χ4v) is 2.01. The highest BCUT2D eigenvalue weighted by Crippen LogP contribution is 2.18. The van der Waals surface area contributed by atoms with Crippen molar-refractivity contribution < 1.29 is 9.53 Å². The molecule has 0 bridgehead atoms. The first kappa shape index (κ1) is 16.0. The molecule has 0 saturated carbocycles. The van der Waals surface area contributed by atoms with Crippen LogP contribution in [0.3, 0.4) is 0 Å². The number of carbonyl (C=O) groups excluding carboxylic acids is 1. The number of halogens is 1. The fourth-order valence-electron chi connectivity index (χ4n) is 1.63. The van der Waals surface area contributed by atoms with Crippen LogP contribution in [0.2, 0.25) is 0 Å². The minimum Gasteiger partial charge on any atom is -0.489 e. The van der Waals surface area contributed by atoms with E-state index in [4.69, 9.17) is 10.5 Å². The van der Waals surface area contributed by atoms with Gasteiger partial charge in [-0.3, -0.25) is 4.79 Å². The Hall–Kier alpha value is -1.07. The topological polar surface area (TPSA) is 64.4 Å². The molecule has 0 fully saturated rings. The smallest absolute Gasteiger partial charge is 0.237 e. The van der Waals surface area contributed by atoms with Crippen molar-refractivity contribution >= 4 is 21.8 Å². The molecule has 2 atom stereocenters. The van der Waals surface area contributed by atoms with Gasteiger partial charge < -0.3 is 15.8 Å². The second-order valence-electron chi connectivity index (χ2n) is 4.53. The Kier molecular flexibility index (Phi) is 6.87. The Balaban J connectivity index is 2.35. The number of amides is 1. The molecule has 0 heterocycles. The number of benzene rings is 1. The fraction of sp³-hybridized carbons (Fsp3) is 0.500. The van der Waals surface area contributed by atoms with Gasteiger partial charge in [0.1, 0.15) is 11.9 Å². The third-order valence-electron chi connectivity index (χ3n) is 2.63. The summed E-state index contributed by atoms with van der Waals surface area (Å²) in [5.41, 5.74) is 5.73. The van der Waals surface area contributed by atoms with Crippen LogP contribution < -0.4 is 15.8 Å². The number of carbonyl (C=O) groups is 1. The number of nitrogens with two attached hydrogens (primary N) is 1. The molecular weight excluding hydrogens is 308 g/mol. The molecule has 0 radical (unpaired) electrons. The molecule has 0 aromatic heterocycles. The summed E-state index contributed by atoms with van der Waals surface area (Å²) in [6, 6.07) is 7.18. The molecule has 0 saturated heterocycles. The van der Waals surface area contributed by atoms with E-state index in [9.17, 15) is 4.79 Å². The Labute approximate surface area is 122 Å². The highest BCUT2D eigenvalue weighted by Gasteiger charge is 2.13. The molecule has 19 heavy (non-hydrogen) atoms. The average Bonchev–Trinajstić information content (AvgIpc) is 2.36. The van der Waals surface area contributed by atoms with E-state index >= 15 is 0 Å². The highest BCUT2D eigenvalue weighted by atomic mass is 79.9. The van der Waals surface area contributed by atoms with E-state index < -0.39 is 6.04 Å². The maximum Gasteiger partial charge on any atom is 0.237 e. The molecule has 0 aliphatic carbocycles. The molecule has 106 valence electrons. The first-order valence-corrected chi connectivity index (χ1v) is 7.27. The van der Waals surface area contributed by atoms with Gasteiger partial charge in [-0.15, -0.1) is 0 Å². The lowest BCUT2D eigenvalue weighted by Crippen LogP contribution is -2.43. The third-order valence-corrected chi connectivity index (χ3v) is 3.13. The second-order valence-corrected chi connectivity index (χ2v) is 5.44. The molecule has 4 nitrogen and oxygen atoms in total. The summed E-state index contributed by atoms with van der Waals surface area (Å²) in [6.45, 7) is 4.36. The van der Waals surface area contributed by atoms with Gasteiger partial charge in [-0.2, -0.15) is 0 Å². The SMILES string of the molecule is CCCC(N)C(=O)NCC(C)Oc1cccc(Br)c1. The first-order valence-electron chi connectivity index (χ1n) is 6.48. The van der Waals surface area contributed by atoms with Gasteiger partial charge in [-0.05, 0) is 31.5 Å². The summed E-state index contributed by atoms with van der Waals surface area (Å²) in [5, 5.41) is 2.80. The van der Waals surface area contributed by atoms with Gasteiger partial charge in [0.15, 0.2) is 0 Å². The van der Waals surface area contributed by atoms with Crippen LogP contribution in [-0.2, 0) is 4.79 Å². The maximum atomic E-state index is 11.6. The number of hydrogen-bond donors (Lipinski definition) is 2. The molecule has 1 aromatic carbocycles. The first-order chi connectivity index (χ1) is 9.02. The minimum atomic E-state index is -0.428. The zero-order valence-corrected chi connectivity index (χ0v) is 12.9. The lowest BCUT2D eigenvalue weighted by atomic mass is 10.1. The van der Waals surface area contributed by atoms with E-state index in [1.807, 2.05) is 38.1 Å². The van der Waals surface area contributed by atoms with Gasteiger partial charge >= 0.3 is 0 Å². The van der Waals surface area contributed by atoms with E-state index in [1.54, 1.807) is 0 Å². The van der Waals surface area contributed by atoms with Gasteiger partial charge in [0.05, 0.1) is 12.6 Å². The van der Waals surface area contributed by atoms with Crippen molar-refractivity contribution in [2.45, 2.75) is 38.8 Å². The van der Waals surface area contributed by atoms with Crippen LogP contribution in [0, 0.1) is 0 Å². The molecule has 2 unspecified atom stereocenters. The van der Waals surface area contributed by atoms with Crippen molar-refractivity contribution in [1.29, 1.82) is 0 Å². The number of rotatable bonds is 7. The van der Waals surface area contributed by atoms with Crippen LogP contribution in [0.25, 0.3) is 0 Å². The predicted molar refractivity (Wildman–Crippen MR) is 80.1 cm³/mol. The summed E-state index contributed by atoms with van der Waals surface area (Å²) in [4.78, 5) is 11.6. The molecule has 1 rings (SSSR count). The van der Waals surface area contributed by atoms with Gasteiger partial charge in [-0.1, -0.05) is 35.3 Å². The Morgan fingerprint density at radius 3 is 2.89 bits per heavy atom. The van der Waals surface area contributed by atoms with E-state index in [-0.39, 0.29) is 12.0 Å². The van der Waals surface area contributed by atoms with Crippen LogP contribution >= 0.6 is 15.9 Å². The van der Waals surface area contributed by atoms with E-state index in [0.29, 0.717) is 13.0 Å². The van der Waals surface area contributed by atoms with Crippen molar-refractivity contribution in [2.24, 2.45) is 5.73 Å². The lowest BCUT2D eigenvalue weighted by Gasteiger charge is -2.17. The summed E-state index contributed by atoms with van der Waals surface area (Å²) in [6.07, 6.45) is 1.50. The van der Waals surface area contributed by atoms with Crippen molar-refractivity contribution in [3.05, 3.63) is 28.7 Å². The number of ether oxygens (including phenoxy) is 1. The summed E-state index contributed by atoms with van der Waals surface area (Å²) >= 11 is 3.38. The highest BCUT2D eigenvalue weighted by molar-refractivity contribution is 9.10.